The molecule has 0 bridgehead atoms. The Bertz CT molecular complexity index is 610. The van der Waals surface area contributed by atoms with E-state index in [1.54, 1.807) is 0 Å². The minimum atomic E-state index is 0.532. The Labute approximate surface area is 131 Å². The average Bonchev–Trinajstić information content (AvgIpc) is 2.81. The van der Waals surface area contributed by atoms with E-state index in [-0.39, 0.29) is 0 Å². The van der Waals surface area contributed by atoms with Crippen LogP contribution >= 0.6 is 11.3 Å². The maximum absolute atomic E-state index is 4.92. The molecule has 1 N–H and O–H groups in total. The number of nitrogens with one attached hydrogen (secondary N) is 1. The van der Waals surface area contributed by atoms with Gasteiger partial charge in [-0.3, -0.25) is 0 Å². The van der Waals surface area contributed by atoms with Gasteiger partial charge in [-0.2, -0.15) is 0 Å². The molecule has 0 radical (unpaired) electrons. The average molecular weight is 300 g/mol. The van der Waals surface area contributed by atoms with E-state index < -0.39 is 0 Å². The second kappa shape index (κ2) is 6.29. The van der Waals surface area contributed by atoms with Crippen LogP contribution in [0.2, 0.25) is 0 Å². The first-order chi connectivity index (χ1) is 10.2. The van der Waals surface area contributed by atoms with Gasteiger partial charge in [-0.25, -0.2) is 4.98 Å². The lowest BCUT2D eigenvalue weighted by molar-refractivity contribution is 0.476. The Kier molecular flexibility index (Phi) is 4.41. The van der Waals surface area contributed by atoms with Gasteiger partial charge in [0.15, 0.2) is 0 Å². The Morgan fingerprint density at radius 3 is 2.71 bits per heavy atom. The summed E-state index contributed by atoms with van der Waals surface area (Å²) in [6, 6.07) is 7.34. The predicted octanol–water partition coefficient (Wildman–Crippen LogP) is 4.34. The van der Waals surface area contributed by atoms with Crippen molar-refractivity contribution in [2.24, 2.45) is 0 Å². The van der Waals surface area contributed by atoms with Crippen LogP contribution < -0.4 is 5.32 Å². The molecular formula is C18H24N2S. The number of thiazole rings is 1. The highest BCUT2D eigenvalue weighted by atomic mass is 32.1. The third-order valence-corrected chi connectivity index (χ3v) is 5.29. The van der Waals surface area contributed by atoms with Crippen LogP contribution in [0.1, 0.15) is 58.1 Å². The van der Waals surface area contributed by atoms with E-state index >= 15 is 0 Å². The fourth-order valence-corrected chi connectivity index (χ4v) is 4.59. The zero-order valence-corrected chi connectivity index (χ0v) is 14.0. The zero-order valence-electron chi connectivity index (χ0n) is 13.2. The van der Waals surface area contributed by atoms with E-state index in [1.807, 2.05) is 11.3 Å². The lowest BCUT2D eigenvalue weighted by atomic mass is 9.98. The first-order valence-corrected chi connectivity index (χ1v) is 8.76. The van der Waals surface area contributed by atoms with Crippen molar-refractivity contribution < 1.29 is 0 Å². The summed E-state index contributed by atoms with van der Waals surface area (Å²) in [6.45, 7) is 7.56. The van der Waals surface area contributed by atoms with Crippen LogP contribution in [0.3, 0.4) is 0 Å². The van der Waals surface area contributed by atoms with E-state index in [2.05, 4.69) is 44.3 Å². The first-order valence-electron chi connectivity index (χ1n) is 7.94. The molecule has 1 aliphatic rings. The summed E-state index contributed by atoms with van der Waals surface area (Å²) < 4.78 is 0. The standard InChI is InChI=1S/C18H24N2S/c1-4-19-15-6-5-7-16-18(15)21-17(20-16)11-14-9-12(2)8-13(3)10-14/h8-10,15,19H,4-7,11H2,1-3H3. The molecular weight excluding hydrogens is 276 g/mol. The summed E-state index contributed by atoms with van der Waals surface area (Å²) >= 11 is 1.92. The van der Waals surface area contributed by atoms with Crippen molar-refractivity contribution in [3.05, 3.63) is 50.5 Å². The molecule has 1 unspecified atom stereocenters. The SMILES string of the molecule is CCNC1CCCc2nc(Cc3cc(C)cc(C)c3)sc21. The Balaban J connectivity index is 1.84. The molecule has 1 atom stereocenters. The van der Waals surface area contributed by atoms with E-state index in [1.165, 1.54) is 45.1 Å². The summed E-state index contributed by atoms with van der Waals surface area (Å²) in [6.07, 6.45) is 4.64. The Morgan fingerprint density at radius 1 is 1.24 bits per heavy atom. The van der Waals surface area contributed by atoms with Crippen LogP contribution in [-0.4, -0.2) is 11.5 Å². The van der Waals surface area contributed by atoms with Gasteiger partial charge in [0, 0.05) is 17.3 Å². The monoisotopic (exact) mass is 300 g/mol. The molecule has 1 aromatic heterocycles. The molecule has 0 saturated carbocycles. The van der Waals surface area contributed by atoms with Crippen LogP contribution in [0.25, 0.3) is 0 Å². The van der Waals surface area contributed by atoms with Crippen molar-refractivity contribution >= 4 is 11.3 Å². The second-order valence-corrected chi connectivity index (χ2v) is 7.21. The smallest absolute Gasteiger partial charge is 0.0975 e. The summed E-state index contributed by atoms with van der Waals surface area (Å²) in [4.78, 5) is 6.40. The molecule has 0 fully saturated rings. The molecule has 0 aliphatic heterocycles. The van der Waals surface area contributed by atoms with E-state index in [0.717, 1.165) is 19.4 Å². The van der Waals surface area contributed by atoms with Gasteiger partial charge < -0.3 is 5.32 Å². The highest BCUT2D eigenvalue weighted by Crippen LogP contribution is 2.34. The molecule has 3 heteroatoms. The van der Waals surface area contributed by atoms with E-state index in [0.29, 0.717) is 6.04 Å². The molecule has 21 heavy (non-hydrogen) atoms. The molecule has 1 aliphatic carbocycles. The van der Waals surface area contributed by atoms with Crippen LogP contribution in [-0.2, 0) is 12.8 Å². The largest absolute Gasteiger partial charge is 0.309 e. The van der Waals surface area contributed by atoms with Gasteiger partial charge in [-0.05, 0) is 45.2 Å². The molecule has 0 saturated heterocycles. The number of hydrogen-bond acceptors (Lipinski definition) is 3. The number of rotatable bonds is 4. The van der Waals surface area contributed by atoms with Crippen LogP contribution in [0.5, 0.6) is 0 Å². The van der Waals surface area contributed by atoms with Crippen molar-refractivity contribution in [1.82, 2.24) is 10.3 Å². The van der Waals surface area contributed by atoms with E-state index in [9.17, 15) is 0 Å². The molecule has 2 aromatic rings. The molecule has 0 spiro atoms. The van der Waals surface area contributed by atoms with Gasteiger partial charge in [0.2, 0.25) is 0 Å². The third-order valence-electron chi connectivity index (χ3n) is 4.08. The number of aromatic nitrogens is 1. The molecule has 0 amide bonds. The minimum absolute atomic E-state index is 0.532. The topological polar surface area (TPSA) is 24.9 Å². The summed E-state index contributed by atoms with van der Waals surface area (Å²) in [5.74, 6) is 0. The van der Waals surface area contributed by atoms with E-state index in [4.69, 9.17) is 4.98 Å². The van der Waals surface area contributed by atoms with Crippen molar-refractivity contribution in [3.63, 3.8) is 0 Å². The predicted molar refractivity (Wildman–Crippen MR) is 90.2 cm³/mol. The fraction of sp³-hybridized carbons (Fsp3) is 0.500. The van der Waals surface area contributed by atoms with Gasteiger partial charge in [-0.15, -0.1) is 11.3 Å². The van der Waals surface area contributed by atoms with Crippen LogP contribution in [0, 0.1) is 13.8 Å². The number of fused-ring (bicyclic) bond motifs is 1. The number of aryl methyl sites for hydroxylation is 3. The van der Waals surface area contributed by atoms with Crippen molar-refractivity contribution in [2.75, 3.05) is 6.54 Å². The highest BCUT2D eigenvalue weighted by Gasteiger charge is 2.23. The minimum Gasteiger partial charge on any atom is -0.309 e. The summed E-state index contributed by atoms with van der Waals surface area (Å²) in [5.41, 5.74) is 5.42. The third kappa shape index (κ3) is 3.35. The molecule has 2 nitrogen and oxygen atoms in total. The van der Waals surface area contributed by atoms with Gasteiger partial charge in [0.25, 0.3) is 0 Å². The molecule has 3 rings (SSSR count). The second-order valence-electron chi connectivity index (χ2n) is 6.09. The first kappa shape index (κ1) is 14.7. The highest BCUT2D eigenvalue weighted by molar-refractivity contribution is 7.11. The number of nitrogens with zero attached hydrogens (tertiary/aromatic N) is 1. The van der Waals surface area contributed by atoms with Crippen molar-refractivity contribution in [2.45, 2.75) is 52.5 Å². The lowest BCUT2D eigenvalue weighted by Gasteiger charge is -2.21. The zero-order chi connectivity index (χ0) is 14.8. The van der Waals surface area contributed by atoms with Crippen molar-refractivity contribution in [3.8, 4) is 0 Å². The van der Waals surface area contributed by atoms with Gasteiger partial charge >= 0.3 is 0 Å². The quantitative estimate of drug-likeness (QED) is 0.908. The lowest BCUT2D eigenvalue weighted by Crippen LogP contribution is -2.23. The normalized spacial score (nSPS) is 17.8. The molecule has 1 aromatic carbocycles. The summed E-state index contributed by atoms with van der Waals surface area (Å²) in [7, 11) is 0. The maximum atomic E-state index is 4.92. The number of benzene rings is 1. The summed E-state index contributed by atoms with van der Waals surface area (Å²) in [5, 5.41) is 4.88. The Hall–Kier alpha value is -1.19. The fourth-order valence-electron chi connectivity index (χ4n) is 3.33. The Morgan fingerprint density at radius 2 is 2.00 bits per heavy atom. The van der Waals surface area contributed by atoms with Gasteiger partial charge in [-0.1, -0.05) is 36.2 Å². The number of hydrogen-bond donors (Lipinski definition) is 1. The molecule has 1 heterocycles. The van der Waals surface area contributed by atoms with Gasteiger partial charge in [0.1, 0.15) is 0 Å². The van der Waals surface area contributed by atoms with Crippen molar-refractivity contribution in [1.29, 1.82) is 0 Å². The molecule has 112 valence electrons. The maximum Gasteiger partial charge on any atom is 0.0975 e. The van der Waals surface area contributed by atoms with Gasteiger partial charge in [0.05, 0.1) is 10.7 Å². The van der Waals surface area contributed by atoms with Crippen LogP contribution in [0.4, 0.5) is 0 Å². The van der Waals surface area contributed by atoms with Crippen LogP contribution in [0.15, 0.2) is 18.2 Å².